The molecule has 1 aliphatic heterocycles. The van der Waals surface area contributed by atoms with Crippen molar-refractivity contribution >= 4 is 23.3 Å². The number of carbonyl (C=O) groups is 1. The normalized spacial score (nSPS) is 14.0. The molecule has 148 valence electrons. The molecule has 0 spiro atoms. The maximum absolute atomic E-state index is 12.5. The van der Waals surface area contributed by atoms with Gasteiger partial charge in [0.2, 0.25) is 0 Å². The Morgan fingerprint density at radius 2 is 1.69 bits per heavy atom. The molecule has 0 N–H and O–H groups in total. The van der Waals surface area contributed by atoms with E-state index in [1.807, 2.05) is 41.3 Å². The summed E-state index contributed by atoms with van der Waals surface area (Å²) < 4.78 is 5.57. The van der Waals surface area contributed by atoms with Crippen LogP contribution in [0.4, 0.5) is 5.82 Å². The van der Waals surface area contributed by atoms with E-state index in [9.17, 15) is 4.79 Å². The van der Waals surface area contributed by atoms with Crippen molar-refractivity contribution in [1.29, 1.82) is 0 Å². The quantitative estimate of drug-likeness (QED) is 0.646. The number of benzene rings is 2. The van der Waals surface area contributed by atoms with E-state index in [1.165, 1.54) is 0 Å². The predicted molar refractivity (Wildman–Crippen MR) is 113 cm³/mol. The standard InChI is InChI=1S/C22H21ClN4O2/c23-18-6-8-19(9-7-18)29-16-21(28)27-14-12-26(13-15-27)20-10-11-24-22(25-20)17-4-2-1-3-5-17/h1-11H,12-16H2. The van der Waals surface area contributed by atoms with Crippen molar-refractivity contribution in [3.63, 3.8) is 0 Å². The molecule has 0 radical (unpaired) electrons. The average Bonchev–Trinajstić information content (AvgIpc) is 2.79. The molecule has 1 fully saturated rings. The first-order valence-corrected chi connectivity index (χ1v) is 9.86. The summed E-state index contributed by atoms with van der Waals surface area (Å²) in [7, 11) is 0. The summed E-state index contributed by atoms with van der Waals surface area (Å²) in [6.45, 7) is 2.73. The van der Waals surface area contributed by atoms with Gasteiger partial charge in [-0.3, -0.25) is 4.79 Å². The summed E-state index contributed by atoms with van der Waals surface area (Å²) in [5.74, 6) is 2.20. The molecule has 2 heterocycles. The zero-order valence-corrected chi connectivity index (χ0v) is 16.6. The number of halogens is 1. The fourth-order valence-electron chi connectivity index (χ4n) is 3.20. The second-order valence-corrected chi connectivity index (χ2v) is 7.15. The van der Waals surface area contributed by atoms with Gasteiger partial charge in [-0.2, -0.15) is 0 Å². The largest absolute Gasteiger partial charge is 0.484 e. The van der Waals surface area contributed by atoms with Crippen molar-refractivity contribution in [1.82, 2.24) is 14.9 Å². The number of nitrogens with zero attached hydrogens (tertiary/aromatic N) is 4. The Kier molecular flexibility index (Phi) is 5.91. The monoisotopic (exact) mass is 408 g/mol. The van der Waals surface area contributed by atoms with Crippen molar-refractivity contribution in [2.24, 2.45) is 0 Å². The summed E-state index contributed by atoms with van der Waals surface area (Å²) in [6.07, 6.45) is 1.78. The van der Waals surface area contributed by atoms with Crippen molar-refractivity contribution < 1.29 is 9.53 Å². The van der Waals surface area contributed by atoms with Gasteiger partial charge >= 0.3 is 0 Å². The Hall–Kier alpha value is -3.12. The average molecular weight is 409 g/mol. The fraction of sp³-hybridized carbons (Fsp3) is 0.227. The summed E-state index contributed by atoms with van der Waals surface area (Å²) in [5, 5.41) is 0.639. The molecule has 0 aliphatic carbocycles. The van der Waals surface area contributed by atoms with Gasteiger partial charge in [-0.1, -0.05) is 41.9 Å². The predicted octanol–water partition coefficient (Wildman–Crippen LogP) is 3.52. The first-order valence-electron chi connectivity index (χ1n) is 9.48. The first kappa shape index (κ1) is 19.2. The van der Waals surface area contributed by atoms with Gasteiger partial charge in [0.1, 0.15) is 11.6 Å². The second kappa shape index (κ2) is 8.92. The van der Waals surface area contributed by atoms with E-state index in [0.29, 0.717) is 29.7 Å². The van der Waals surface area contributed by atoms with Crippen molar-refractivity contribution in [3.8, 4) is 17.1 Å². The molecule has 1 aliphatic rings. The van der Waals surface area contributed by atoms with Gasteiger partial charge in [-0.05, 0) is 30.3 Å². The van der Waals surface area contributed by atoms with E-state index in [1.54, 1.807) is 30.5 Å². The lowest BCUT2D eigenvalue weighted by molar-refractivity contribution is -0.133. The number of anilines is 1. The summed E-state index contributed by atoms with van der Waals surface area (Å²) in [5.41, 5.74) is 0.988. The molecule has 2 aromatic carbocycles. The lowest BCUT2D eigenvalue weighted by Crippen LogP contribution is -2.50. The molecule has 6 nitrogen and oxygen atoms in total. The van der Waals surface area contributed by atoms with Crippen LogP contribution in [0.2, 0.25) is 5.02 Å². The Bertz CT molecular complexity index is 958. The lowest BCUT2D eigenvalue weighted by atomic mass is 10.2. The van der Waals surface area contributed by atoms with Crippen LogP contribution >= 0.6 is 11.6 Å². The van der Waals surface area contributed by atoms with E-state index in [-0.39, 0.29) is 12.5 Å². The van der Waals surface area contributed by atoms with Gasteiger partial charge in [0.15, 0.2) is 12.4 Å². The van der Waals surface area contributed by atoms with Gasteiger partial charge in [0, 0.05) is 43.0 Å². The minimum Gasteiger partial charge on any atom is -0.484 e. The summed E-state index contributed by atoms with van der Waals surface area (Å²) in [6, 6.07) is 18.8. The van der Waals surface area contributed by atoms with Crippen molar-refractivity contribution in [3.05, 3.63) is 71.9 Å². The molecule has 7 heteroatoms. The zero-order chi connectivity index (χ0) is 20.1. The molecular formula is C22H21ClN4O2. The van der Waals surface area contributed by atoms with Crippen LogP contribution < -0.4 is 9.64 Å². The topological polar surface area (TPSA) is 58.6 Å². The van der Waals surface area contributed by atoms with Crippen LogP contribution in [0.5, 0.6) is 5.75 Å². The van der Waals surface area contributed by atoms with E-state index < -0.39 is 0 Å². The number of hydrogen-bond acceptors (Lipinski definition) is 5. The number of rotatable bonds is 5. The number of amides is 1. The minimum absolute atomic E-state index is 0.0211. The van der Waals surface area contributed by atoms with Crippen LogP contribution in [0.3, 0.4) is 0 Å². The van der Waals surface area contributed by atoms with Gasteiger partial charge in [-0.15, -0.1) is 0 Å². The van der Waals surface area contributed by atoms with Crippen LogP contribution in [0.1, 0.15) is 0 Å². The van der Waals surface area contributed by atoms with Crippen molar-refractivity contribution in [2.75, 3.05) is 37.7 Å². The van der Waals surface area contributed by atoms with Gasteiger partial charge in [-0.25, -0.2) is 9.97 Å². The maximum Gasteiger partial charge on any atom is 0.260 e. The van der Waals surface area contributed by atoms with E-state index in [2.05, 4.69) is 9.88 Å². The number of hydrogen-bond donors (Lipinski definition) is 0. The third kappa shape index (κ3) is 4.84. The van der Waals surface area contributed by atoms with Crippen LogP contribution in [0, 0.1) is 0 Å². The Morgan fingerprint density at radius 3 is 2.41 bits per heavy atom. The first-order chi connectivity index (χ1) is 14.2. The maximum atomic E-state index is 12.5. The highest BCUT2D eigenvalue weighted by molar-refractivity contribution is 6.30. The van der Waals surface area contributed by atoms with Crippen LogP contribution in [0.15, 0.2) is 66.9 Å². The van der Waals surface area contributed by atoms with Crippen LogP contribution in [0.25, 0.3) is 11.4 Å². The number of piperazine rings is 1. The highest BCUT2D eigenvalue weighted by Gasteiger charge is 2.22. The fourth-order valence-corrected chi connectivity index (χ4v) is 3.33. The third-order valence-electron chi connectivity index (χ3n) is 4.81. The SMILES string of the molecule is O=C(COc1ccc(Cl)cc1)N1CCN(c2ccnc(-c3ccccc3)n2)CC1. The second-order valence-electron chi connectivity index (χ2n) is 6.71. The highest BCUT2D eigenvalue weighted by Crippen LogP contribution is 2.19. The molecule has 1 aromatic heterocycles. The number of aromatic nitrogens is 2. The number of carbonyl (C=O) groups excluding carboxylic acids is 1. The van der Waals surface area contributed by atoms with Gasteiger partial charge in [0.05, 0.1) is 0 Å². The third-order valence-corrected chi connectivity index (χ3v) is 5.06. The van der Waals surface area contributed by atoms with Gasteiger partial charge < -0.3 is 14.5 Å². The highest BCUT2D eigenvalue weighted by atomic mass is 35.5. The van der Waals surface area contributed by atoms with Crippen LogP contribution in [-0.4, -0.2) is 53.6 Å². The summed E-state index contributed by atoms with van der Waals surface area (Å²) in [4.78, 5) is 25.5. The molecule has 0 unspecified atom stereocenters. The van der Waals surface area contributed by atoms with E-state index in [4.69, 9.17) is 21.3 Å². The van der Waals surface area contributed by atoms with Crippen LogP contribution in [-0.2, 0) is 4.79 Å². The van der Waals surface area contributed by atoms with Gasteiger partial charge in [0.25, 0.3) is 5.91 Å². The van der Waals surface area contributed by atoms with Crippen molar-refractivity contribution in [2.45, 2.75) is 0 Å². The molecule has 0 saturated carbocycles. The summed E-state index contributed by atoms with van der Waals surface area (Å²) >= 11 is 5.86. The Morgan fingerprint density at radius 1 is 0.966 bits per heavy atom. The smallest absolute Gasteiger partial charge is 0.260 e. The molecule has 0 atom stereocenters. The Balaban J connectivity index is 1.32. The van der Waals surface area contributed by atoms with E-state index >= 15 is 0 Å². The van der Waals surface area contributed by atoms with E-state index in [0.717, 1.165) is 24.5 Å². The molecule has 1 amide bonds. The molecule has 4 rings (SSSR count). The molecule has 3 aromatic rings. The molecule has 1 saturated heterocycles. The number of ether oxygens (including phenoxy) is 1. The Labute approximate surface area is 174 Å². The zero-order valence-electron chi connectivity index (χ0n) is 15.9. The molecule has 29 heavy (non-hydrogen) atoms. The lowest BCUT2D eigenvalue weighted by Gasteiger charge is -2.35. The molecule has 0 bridgehead atoms. The molecular weight excluding hydrogens is 388 g/mol. The minimum atomic E-state index is -0.0211.